The number of aromatic nitrogens is 2. The number of carbonyl (C=O) groups is 2. The first-order chi connectivity index (χ1) is 19.7. The minimum Gasteiger partial charge on any atom is -0.497 e. The Balaban J connectivity index is 1.52. The Labute approximate surface area is 239 Å². The molecule has 2 aromatic carbocycles. The molecule has 0 aliphatic carbocycles. The van der Waals surface area contributed by atoms with Crippen molar-refractivity contribution in [3.8, 4) is 11.8 Å². The molecule has 41 heavy (non-hydrogen) atoms. The number of anilines is 3. The number of rotatable bonds is 7. The number of nitrogens with two attached hydrogens (primary N) is 1. The van der Waals surface area contributed by atoms with E-state index in [1.54, 1.807) is 13.2 Å². The summed E-state index contributed by atoms with van der Waals surface area (Å²) in [5.74, 6) is 0.427. The second kappa shape index (κ2) is 11.7. The van der Waals surface area contributed by atoms with Gasteiger partial charge in [0, 0.05) is 42.7 Å². The lowest BCUT2D eigenvalue weighted by atomic mass is 10.1. The first-order valence-corrected chi connectivity index (χ1v) is 13.8. The van der Waals surface area contributed by atoms with Crippen molar-refractivity contribution in [1.82, 2.24) is 19.8 Å². The Hall–Kier alpha value is -4.32. The second-order valence-corrected chi connectivity index (χ2v) is 10.8. The highest BCUT2D eigenvalue weighted by Gasteiger charge is 2.35. The van der Waals surface area contributed by atoms with Gasteiger partial charge >= 0.3 is 12.1 Å². The SMILES string of the molecule is COc1cc(NC(=O)c2nc(OCC3CCCN3C)nc(N3[C@@H](C)CN(C(=O)O)C[C@@H]3C)c2N)c2ccccc2c1. The molecule has 3 aromatic rings. The Morgan fingerprint density at radius 3 is 2.54 bits per heavy atom. The zero-order chi connectivity index (χ0) is 29.3. The molecule has 0 radical (unpaired) electrons. The predicted octanol–water partition coefficient (Wildman–Crippen LogP) is 3.52. The summed E-state index contributed by atoms with van der Waals surface area (Å²) in [6.45, 7) is 5.71. The normalized spacial score (nSPS) is 21.2. The third-order valence-electron chi connectivity index (χ3n) is 7.95. The zero-order valence-corrected chi connectivity index (χ0v) is 23.8. The molecule has 2 aliphatic heterocycles. The molecule has 2 saturated heterocycles. The van der Waals surface area contributed by atoms with Gasteiger partial charge in [-0.25, -0.2) is 4.79 Å². The summed E-state index contributed by atoms with van der Waals surface area (Å²) in [5.41, 5.74) is 7.25. The van der Waals surface area contributed by atoms with Gasteiger partial charge < -0.3 is 40.3 Å². The average molecular weight is 564 g/mol. The fourth-order valence-corrected chi connectivity index (χ4v) is 5.81. The van der Waals surface area contributed by atoms with Gasteiger partial charge in [-0.15, -0.1) is 0 Å². The van der Waals surface area contributed by atoms with Crippen LogP contribution in [-0.2, 0) is 0 Å². The van der Waals surface area contributed by atoms with Crippen LogP contribution in [0.4, 0.5) is 22.0 Å². The number of methoxy groups -OCH3 is 1. The highest BCUT2D eigenvalue weighted by Crippen LogP contribution is 2.34. The van der Waals surface area contributed by atoms with Crippen molar-refractivity contribution >= 4 is 40.0 Å². The average Bonchev–Trinajstić information content (AvgIpc) is 3.36. The number of carboxylic acid groups (broad SMARTS) is 1. The predicted molar refractivity (Wildman–Crippen MR) is 157 cm³/mol. The van der Waals surface area contributed by atoms with Gasteiger partial charge in [0.1, 0.15) is 18.0 Å². The monoisotopic (exact) mass is 563 g/mol. The van der Waals surface area contributed by atoms with Crippen molar-refractivity contribution in [2.24, 2.45) is 0 Å². The number of carbonyl (C=O) groups excluding carboxylic acids is 1. The summed E-state index contributed by atoms with van der Waals surface area (Å²) in [5, 5.41) is 14.3. The number of benzene rings is 2. The van der Waals surface area contributed by atoms with Crippen LogP contribution in [0.5, 0.6) is 11.8 Å². The molecule has 2 amide bonds. The summed E-state index contributed by atoms with van der Waals surface area (Å²) < 4.78 is 11.5. The maximum absolute atomic E-state index is 13.8. The fraction of sp³-hybridized carbons (Fsp3) is 0.448. The van der Waals surface area contributed by atoms with Crippen LogP contribution in [0.15, 0.2) is 36.4 Å². The van der Waals surface area contributed by atoms with E-state index in [4.69, 9.17) is 15.2 Å². The van der Waals surface area contributed by atoms with E-state index in [1.807, 2.05) is 49.1 Å². The van der Waals surface area contributed by atoms with Crippen molar-refractivity contribution in [3.63, 3.8) is 0 Å². The molecular weight excluding hydrogens is 526 g/mol. The Morgan fingerprint density at radius 2 is 1.88 bits per heavy atom. The van der Waals surface area contributed by atoms with Crippen LogP contribution in [-0.4, -0.2) is 95.4 Å². The second-order valence-electron chi connectivity index (χ2n) is 10.8. The van der Waals surface area contributed by atoms with E-state index in [-0.39, 0.29) is 48.6 Å². The van der Waals surface area contributed by atoms with E-state index in [9.17, 15) is 14.7 Å². The number of nitrogens with zero attached hydrogens (tertiary/aromatic N) is 5. The smallest absolute Gasteiger partial charge is 0.407 e. The first kappa shape index (κ1) is 28.2. The fourth-order valence-electron chi connectivity index (χ4n) is 5.81. The Morgan fingerprint density at radius 1 is 1.15 bits per heavy atom. The standard InChI is InChI=1S/C29H37N7O5/c1-17-14-35(29(38)39)15-18(2)36(17)26-24(30)25(32-28(33-26)41-16-20-9-7-11-34(20)3)27(37)31-23-13-21(40-4)12-19-8-5-6-10-22(19)23/h5-6,8,10,12-13,17-18,20H,7,9,11,14-16,30H2,1-4H3,(H,31,37)(H,38,39)/t17-,18-,20?/m0/s1. The number of piperazine rings is 1. The maximum Gasteiger partial charge on any atom is 0.407 e. The highest BCUT2D eigenvalue weighted by atomic mass is 16.5. The van der Waals surface area contributed by atoms with Gasteiger partial charge in [-0.05, 0) is 51.7 Å². The van der Waals surface area contributed by atoms with Crippen LogP contribution in [0.3, 0.4) is 0 Å². The molecule has 12 nitrogen and oxygen atoms in total. The molecule has 3 atom stereocenters. The molecule has 2 fully saturated rings. The van der Waals surface area contributed by atoms with Crippen LogP contribution in [0.25, 0.3) is 10.8 Å². The number of hydrogen-bond acceptors (Lipinski definition) is 9. The van der Waals surface area contributed by atoms with E-state index in [1.165, 1.54) is 4.90 Å². The lowest BCUT2D eigenvalue weighted by Gasteiger charge is -2.44. The zero-order valence-electron chi connectivity index (χ0n) is 23.8. The van der Waals surface area contributed by atoms with E-state index in [2.05, 4.69) is 27.2 Å². The molecule has 0 spiro atoms. The van der Waals surface area contributed by atoms with Crippen molar-refractivity contribution in [2.75, 3.05) is 56.3 Å². The quantitative estimate of drug-likeness (QED) is 0.390. The number of nitrogen functional groups attached to an aromatic ring is 1. The molecule has 5 rings (SSSR count). The number of likely N-dealkylation sites (N-methyl/N-ethyl adjacent to an activating group) is 1. The van der Waals surface area contributed by atoms with E-state index >= 15 is 0 Å². The van der Waals surface area contributed by atoms with E-state index in [0.717, 1.165) is 30.2 Å². The molecule has 12 heteroatoms. The molecule has 0 bridgehead atoms. The molecule has 0 saturated carbocycles. The molecule has 1 unspecified atom stereocenters. The minimum atomic E-state index is -0.978. The molecule has 2 aliphatic rings. The minimum absolute atomic E-state index is 0.0169. The van der Waals surface area contributed by atoms with Crippen molar-refractivity contribution in [1.29, 1.82) is 0 Å². The Bertz CT molecular complexity index is 1440. The lowest BCUT2D eigenvalue weighted by Crippen LogP contribution is -2.58. The van der Waals surface area contributed by atoms with E-state index in [0.29, 0.717) is 23.9 Å². The summed E-state index contributed by atoms with van der Waals surface area (Å²) in [7, 11) is 3.63. The van der Waals surface area contributed by atoms with Gasteiger partial charge in [0.2, 0.25) is 0 Å². The van der Waals surface area contributed by atoms with Crippen LogP contribution >= 0.6 is 0 Å². The van der Waals surface area contributed by atoms with Crippen LogP contribution in [0.2, 0.25) is 0 Å². The van der Waals surface area contributed by atoms with Crippen LogP contribution in [0.1, 0.15) is 37.2 Å². The van der Waals surface area contributed by atoms with Crippen molar-refractivity contribution in [3.05, 3.63) is 42.1 Å². The molecule has 218 valence electrons. The van der Waals surface area contributed by atoms with Gasteiger partial charge in [0.25, 0.3) is 5.91 Å². The number of hydrogen-bond donors (Lipinski definition) is 3. The topological polar surface area (TPSA) is 146 Å². The van der Waals surface area contributed by atoms with Crippen LogP contribution in [0, 0.1) is 0 Å². The van der Waals surface area contributed by atoms with Gasteiger partial charge in [0.05, 0.1) is 12.8 Å². The van der Waals surface area contributed by atoms with Crippen LogP contribution < -0.4 is 25.4 Å². The number of nitrogens with one attached hydrogen (secondary N) is 1. The molecule has 3 heterocycles. The largest absolute Gasteiger partial charge is 0.497 e. The highest BCUT2D eigenvalue weighted by molar-refractivity contribution is 6.11. The van der Waals surface area contributed by atoms with Gasteiger partial charge in [-0.1, -0.05) is 24.3 Å². The number of amides is 2. The molecular formula is C29H37N7O5. The molecule has 4 N–H and O–H groups in total. The summed E-state index contributed by atoms with van der Waals surface area (Å²) >= 11 is 0. The van der Waals surface area contributed by atoms with Gasteiger partial charge in [0.15, 0.2) is 11.5 Å². The number of fused-ring (bicyclic) bond motifs is 1. The third kappa shape index (κ3) is 5.78. The van der Waals surface area contributed by atoms with Gasteiger partial charge in [-0.2, -0.15) is 9.97 Å². The van der Waals surface area contributed by atoms with Gasteiger partial charge in [-0.3, -0.25) is 4.79 Å². The third-order valence-corrected chi connectivity index (χ3v) is 7.95. The van der Waals surface area contributed by atoms with Crippen molar-refractivity contribution < 1.29 is 24.2 Å². The number of likely N-dealkylation sites (tertiary alicyclic amines) is 1. The maximum atomic E-state index is 13.8. The molecule has 1 aromatic heterocycles. The number of ether oxygens (including phenoxy) is 2. The summed E-state index contributed by atoms with van der Waals surface area (Å²) in [4.78, 5) is 40.2. The lowest BCUT2D eigenvalue weighted by molar-refractivity contribution is 0.102. The van der Waals surface area contributed by atoms with E-state index < -0.39 is 12.0 Å². The van der Waals surface area contributed by atoms with Crippen molar-refractivity contribution in [2.45, 2.75) is 44.8 Å². The first-order valence-electron chi connectivity index (χ1n) is 13.8. The Kier molecular flexibility index (Phi) is 8.02. The summed E-state index contributed by atoms with van der Waals surface area (Å²) in [6.07, 6.45) is 1.11. The summed E-state index contributed by atoms with van der Waals surface area (Å²) in [6, 6.07) is 11.1.